The van der Waals surface area contributed by atoms with Crippen LogP contribution in [0.2, 0.25) is 0 Å². The predicted molar refractivity (Wildman–Crippen MR) is 82.2 cm³/mol. The third-order valence-corrected chi connectivity index (χ3v) is 4.58. The minimum absolute atomic E-state index is 0.167. The summed E-state index contributed by atoms with van der Waals surface area (Å²) < 4.78 is -1.05. The van der Waals surface area contributed by atoms with Gasteiger partial charge in [0.15, 0.2) is 0 Å². The van der Waals surface area contributed by atoms with Crippen LogP contribution in [0.5, 0.6) is 0 Å². The van der Waals surface area contributed by atoms with Crippen LogP contribution in [0.1, 0.15) is 12.0 Å². The quantitative estimate of drug-likeness (QED) is 0.848. The Morgan fingerprint density at radius 1 is 0.950 bits per heavy atom. The molecule has 102 valence electrons. The lowest BCUT2D eigenvalue weighted by atomic mass is 9.94. The number of halogens is 2. The number of benzene rings is 2. The van der Waals surface area contributed by atoms with Gasteiger partial charge < -0.3 is 5.32 Å². The summed E-state index contributed by atoms with van der Waals surface area (Å²) in [6.45, 7) is 0. The monoisotopic (exact) mass is 305 g/mol. The normalized spacial score (nSPS) is 23.1. The molecule has 2 aromatic rings. The largest absolute Gasteiger partial charge is 0.325 e. The maximum Gasteiger partial charge on any atom is 0.238 e. The zero-order valence-electron chi connectivity index (χ0n) is 10.6. The van der Waals surface area contributed by atoms with E-state index >= 15 is 0 Å². The third-order valence-electron chi connectivity index (χ3n) is 3.67. The smallest absolute Gasteiger partial charge is 0.238 e. The second-order valence-electron chi connectivity index (χ2n) is 4.97. The average Bonchev–Trinajstić information content (AvgIpc) is 3.05. The molecule has 1 saturated carbocycles. The predicted octanol–water partition coefficient (Wildman–Crippen LogP) is 4.14. The number of hydrogen-bond donors (Lipinski definition) is 1. The van der Waals surface area contributed by atoms with Gasteiger partial charge in [-0.15, -0.1) is 23.2 Å². The third kappa shape index (κ3) is 2.09. The first-order chi connectivity index (χ1) is 9.56. The zero-order chi connectivity index (χ0) is 14.2. The van der Waals surface area contributed by atoms with Crippen molar-refractivity contribution in [2.75, 3.05) is 5.32 Å². The Hall–Kier alpha value is -1.51. The number of carbonyl (C=O) groups is 1. The highest BCUT2D eigenvalue weighted by atomic mass is 35.5. The van der Waals surface area contributed by atoms with Crippen molar-refractivity contribution in [3.63, 3.8) is 0 Å². The van der Waals surface area contributed by atoms with Gasteiger partial charge in [0.2, 0.25) is 5.91 Å². The molecule has 1 N–H and O–H groups in total. The van der Waals surface area contributed by atoms with Gasteiger partial charge in [-0.2, -0.15) is 0 Å². The fraction of sp³-hybridized carbons (Fsp3) is 0.188. The molecule has 0 bridgehead atoms. The summed E-state index contributed by atoms with van der Waals surface area (Å²) in [7, 11) is 0. The molecule has 0 aliphatic heterocycles. The molecule has 1 aliphatic carbocycles. The molecule has 1 amide bonds. The van der Waals surface area contributed by atoms with Crippen molar-refractivity contribution in [1.29, 1.82) is 0 Å². The Morgan fingerprint density at radius 2 is 1.45 bits per heavy atom. The Kier molecular flexibility index (Phi) is 3.23. The van der Waals surface area contributed by atoms with Crippen LogP contribution in [0.25, 0.3) is 0 Å². The maximum absolute atomic E-state index is 12.6. The summed E-state index contributed by atoms with van der Waals surface area (Å²) in [5.41, 5.74) is 0.718. The molecule has 0 radical (unpaired) electrons. The van der Waals surface area contributed by atoms with Crippen LogP contribution in [-0.2, 0) is 10.2 Å². The molecule has 20 heavy (non-hydrogen) atoms. The number of amides is 1. The molecule has 3 rings (SSSR count). The highest BCUT2D eigenvalue weighted by molar-refractivity contribution is 6.54. The number of rotatable bonds is 3. The highest BCUT2D eigenvalue weighted by Crippen LogP contribution is 2.65. The van der Waals surface area contributed by atoms with E-state index in [4.69, 9.17) is 23.2 Å². The van der Waals surface area contributed by atoms with E-state index in [2.05, 4.69) is 5.32 Å². The summed E-state index contributed by atoms with van der Waals surface area (Å²) in [5, 5.41) is 2.89. The minimum atomic E-state index is -1.05. The van der Waals surface area contributed by atoms with Gasteiger partial charge in [0.25, 0.3) is 0 Å². The lowest BCUT2D eigenvalue weighted by Gasteiger charge is -2.18. The molecule has 1 atom stereocenters. The molecule has 0 saturated heterocycles. The van der Waals surface area contributed by atoms with Gasteiger partial charge in [-0.1, -0.05) is 48.5 Å². The molecule has 1 fully saturated rings. The van der Waals surface area contributed by atoms with Crippen LogP contribution < -0.4 is 5.32 Å². The van der Waals surface area contributed by atoms with Crippen LogP contribution in [0.15, 0.2) is 60.7 Å². The van der Waals surface area contributed by atoms with Crippen molar-refractivity contribution in [3.8, 4) is 0 Å². The maximum atomic E-state index is 12.6. The summed E-state index contributed by atoms with van der Waals surface area (Å²) in [6, 6.07) is 18.7. The lowest BCUT2D eigenvalue weighted by molar-refractivity contribution is -0.118. The van der Waals surface area contributed by atoms with E-state index in [0.717, 1.165) is 11.3 Å². The Bertz CT molecular complexity index is 627. The van der Waals surface area contributed by atoms with Gasteiger partial charge in [0, 0.05) is 12.1 Å². The first kappa shape index (κ1) is 13.5. The zero-order valence-corrected chi connectivity index (χ0v) is 12.2. The van der Waals surface area contributed by atoms with Gasteiger partial charge in [-0.05, 0) is 17.7 Å². The molecule has 2 nitrogen and oxygen atoms in total. The fourth-order valence-electron chi connectivity index (χ4n) is 2.46. The molecule has 1 aliphatic rings. The molecular formula is C16H13Cl2NO. The SMILES string of the molecule is O=C(Nc1ccccc1)[C@]1(c2ccccc2)CC1(Cl)Cl. The van der Waals surface area contributed by atoms with E-state index in [1.54, 1.807) is 0 Å². The summed E-state index contributed by atoms with van der Waals surface area (Å²) >= 11 is 12.5. The number of para-hydroxylation sites is 1. The van der Waals surface area contributed by atoms with E-state index in [1.807, 2.05) is 60.7 Å². The Labute approximate surface area is 127 Å². The number of nitrogens with one attached hydrogen (secondary N) is 1. The minimum Gasteiger partial charge on any atom is -0.325 e. The highest BCUT2D eigenvalue weighted by Gasteiger charge is 2.72. The van der Waals surface area contributed by atoms with Crippen molar-refractivity contribution < 1.29 is 4.79 Å². The van der Waals surface area contributed by atoms with Crippen LogP contribution in [0.4, 0.5) is 5.69 Å². The van der Waals surface area contributed by atoms with E-state index in [9.17, 15) is 4.79 Å². The standard InChI is InChI=1S/C16H13Cl2NO/c17-16(18)11-15(16,12-7-3-1-4-8-12)14(20)19-13-9-5-2-6-10-13/h1-10H,11H2,(H,19,20)/t15-/m1/s1. The van der Waals surface area contributed by atoms with Crippen molar-refractivity contribution in [1.82, 2.24) is 0 Å². The molecule has 2 aromatic carbocycles. The van der Waals surface area contributed by atoms with E-state index < -0.39 is 9.75 Å². The van der Waals surface area contributed by atoms with E-state index in [0.29, 0.717) is 6.42 Å². The molecular weight excluding hydrogens is 293 g/mol. The average molecular weight is 306 g/mol. The van der Waals surface area contributed by atoms with Gasteiger partial charge in [0.1, 0.15) is 9.75 Å². The first-order valence-electron chi connectivity index (χ1n) is 6.36. The van der Waals surface area contributed by atoms with Crippen LogP contribution in [0.3, 0.4) is 0 Å². The van der Waals surface area contributed by atoms with Crippen molar-refractivity contribution in [2.45, 2.75) is 16.2 Å². The first-order valence-corrected chi connectivity index (χ1v) is 7.12. The second kappa shape index (κ2) is 4.80. The number of alkyl halides is 2. The number of hydrogen-bond acceptors (Lipinski definition) is 1. The molecule has 0 spiro atoms. The Morgan fingerprint density at radius 3 is 1.95 bits per heavy atom. The van der Waals surface area contributed by atoms with Crippen molar-refractivity contribution in [2.24, 2.45) is 0 Å². The number of anilines is 1. The summed E-state index contributed by atoms with van der Waals surface area (Å²) in [5.74, 6) is -0.167. The van der Waals surface area contributed by atoms with E-state index in [1.165, 1.54) is 0 Å². The van der Waals surface area contributed by atoms with Gasteiger partial charge in [-0.3, -0.25) is 4.79 Å². The fourth-order valence-corrected chi connectivity index (χ4v) is 3.25. The van der Waals surface area contributed by atoms with E-state index in [-0.39, 0.29) is 5.91 Å². The molecule has 4 heteroatoms. The van der Waals surface area contributed by atoms with Crippen LogP contribution in [-0.4, -0.2) is 10.2 Å². The van der Waals surface area contributed by atoms with Gasteiger partial charge in [0.05, 0.1) is 0 Å². The number of carbonyl (C=O) groups excluding carboxylic acids is 1. The summed E-state index contributed by atoms with van der Waals surface area (Å²) in [4.78, 5) is 12.6. The second-order valence-corrected chi connectivity index (χ2v) is 6.46. The molecule has 0 unspecified atom stereocenters. The topological polar surface area (TPSA) is 29.1 Å². The lowest BCUT2D eigenvalue weighted by Crippen LogP contribution is -2.32. The van der Waals surface area contributed by atoms with Crippen molar-refractivity contribution >= 4 is 34.8 Å². The molecule has 0 heterocycles. The van der Waals surface area contributed by atoms with Crippen LogP contribution in [0, 0.1) is 0 Å². The summed E-state index contributed by atoms with van der Waals surface area (Å²) in [6.07, 6.45) is 0.422. The van der Waals surface area contributed by atoms with Crippen LogP contribution >= 0.6 is 23.2 Å². The van der Waals surface area contributed by atoms with Gasteiger partial charge in [-0.25, -0.2) is 0 Å². The van der Waals surface area contributed by atoms with Gasteiger partial charge >= 0.3 is 0 Å². The van der Waals surface area contributed by atoms with Crippen molar-refractivity contribution in [3.05, 3.63) is 66.2 Å². The Balaban J connectivity index is 1.92. The molecule has 0 aromatic heterocycles.